The lowest BCUT2D eigenvalue weighted by molar-refractivity contribution is 1.47. The molecule has 1 rings (SSSR count). The lowest BCUT2D eigenvalue weighted by atomic mass is 10.3. The highest BCUT2D eigenvalue weighted by Gasteiger charge is 1.66. The minimum Gasteiger partial charge on any atom is -0.115 e. The molecule has 0 saturated carbocycles. The van der Waals surface area contributed by atoms with Crippen LogP contribution >= 0.6 is 0 Å². The van der Waals surface area contributed by atoms with Crippen LogP contribution in [0.25, 0.3) is 0 Å². The molecule has 0 heteroatoms. The fraction of sp³-hybridized carbons (Fsp3) is 0.167. The normalized spacial score (nSPS) is 13.3. The van der Waals surface area contributed by atoms with E-state index in [2.05, 4.69) is 17.6 Å². The monoisotopic (exact) mass is 76.0 g/mol. The highest BCUT2D eigenvalue weighted by Crippen LogP contribution is 1.80. The number of hydrogen-bond donors (Lipinski definition) is 0. The van der Waals surface area contributed by atoms with Crippen molar-refractivity contribution in [3.63, 3.8) is 0 Å². The first-order chi connectivity index (χ1) is 3.00. The Labute approximate surface area is 37.2 Å². The van der Waals surface area contributed by atoms with E-state index in [0.29, 0.717) is 0 Å². The zero-order valence-electron chi connectivity index (χ0n) is 3.36. The van der Waals surface area contributed by atoms with Crippen LogP contribution in [0.4, 0.5) is 0 Å². The Balaban J connectivity index is 2.88. The molecule has 0 radical (unpaired) electrons. The highest BCUT2D eigenvalue weighted by molar-refractivity contribution is 5.20. The van der Waals surface area contributed by atoms with Crippen molar-refractivity contribution in [3.8, 4) is 11.8 Å². The molecule has 0 spiro atoms. The maximum atomic E-state index is 2.86. The van der Waals surface area contributed by atoms with Crippen molar-refractivity contribution >= 4 is 0 Å². The fourth-order valence-electron chi connectivity index (χ4n) is 0.321. The smallest absolute Gasteiger partial charge is 0.0348 e. The lowest BCUT2D eigenvalue weighted by Crippen LogP contribution is -1.59. The summed E-state index contributed by atoms with van der Waals surface area (Å²) in [6.45, 7) is 0. The van der Waals surface area contributed by atoms with Crippen molar-refractivity contribution in [1.82, 2.24) is 0 Å². The van der Waals surface area contributed by atoms with Crippen molar-refractivity contribution in [2.75, 3.05) is 0 Å². The Kier molecular flexibility index (Phi) is 0.819. The van der Waals surface area contributed by atoms with Crippen molar-refractivity contribution < 1.29 is 0 Å². The summed E-state index contributed by atoms with van der Waals surface area (Å²) in [5, 5.41) is 0. The second-order valence-electron chi connectivity index (χ2n) is 1.04. The van der Waals surface area contributed by atoms with Crippen molar-refractivity contribution in [2.45, 2.75) is 6.42 Å². The first kappa shape index (κ1) is 3.28. The van der Waals surface area contributed by atoms with E-state index < -0.39 is 0 Å². The lowest BCUT2D eigenvalue weighted by Gasteiger charge is -1.72. The van der Waals surface area contributed by atoms with Crippen molar-refractivity contribution in [2.24, 2.45) is 0 Å². The summed E-state index contributed by atoms with van der Waals surface area (Å²) >= 11 is 0. The van der Waals surface area contributed by atoms with Gasteiger partial charge in [0.25, 0.3) is 0 Å². The van der Waals surface area contributed by atoms with E-state index in [1.807, 2.05) is 6.08 Å². The molecule has 0 aliphatic heterocycles. The van der Waals surface area contributed by atoms with Gasteiger partial charge in [-0.25, -0.2) is 0 Å². The average molecular weight is 76.1 g/mol. The van der Waals surface area contributed by atoms with Crippen LogP contribution in [0.2, 0.25) is 0 Å². The SMILES string of the molecule is C1=CC#CCC=1. The molecule has 0 saturated heterocycles. The van der Waals surface area contributed by atoms with Gasteiger partial charge in [0.2, 0.25) is 0 Å². The van der Waals surface area contributed by atoms with E-state index in [1.54, 1.807) is 6.08 Å². The van der Waals surface area contributed by atoms with Crippen LogP contribution in [-0.2, 0) is 0 Å². The topological polar surface area (TPSA) is 0 Å². The maximum Gasteiger partial charge on any atom is 0.0348 e. The zero-order chi connectivity index (χ0) is 4.24. The van der Waals surface area contributed by atoms with Gasteiger partial charge in [-0.1, -0.05) is 11.8 Å². The molecular formula is C6H4. The Morgan fingerprint density at radius 2 is 2.50 bits per heavy atom. The van der Waals surface area contributed by atoms with Gasteiger partial charge in [-0.3, -0.25) is 0 Å². The molecule has 0 N–H and O–H groups in total. The van der Waals surface area contributed by atoms with Crippen LogP contribution in [-0.4, -0.2) is 0 Å². The molecule has 1 aliphatic rings. The van der Waals surface area contributed by atoms with Crippen LogP contribution < -0.4 is 0 Å². The fourth-order valence-corrected chi connectivity index (χ4v) is 0.321. The van der Waals surface area contributed by atoms with Crippen LogP contribution in [0.3, 0.4) is 0 Å². The van der Waals surface area contributed by atoms with E-state index in [0.717, 1.165) is 6.42 Å². The Morgan fingerprint density at radius 3 is 2.67 bits per heavy atom. The van der Waals surface area contributed by atoms with E-state index in [4.69, 9.17) is 0 Å². The predicted octanol–water partition coefficient (Wildman–Crippen LogP) is 1.10. The standard InChI is InChI=1S/C6H4/c1-2-4-6-5-3-1/h1,5H,2H2. The van der Waals surface area contributed by atoms with Crippen LogP contribution in [0, 0.1) is 11.8 Å². The van der Waals surface area contributed by atoms with Crippen LogP contribution in [0.15, 0.2) is 17.9 Å². The third kappa shape index (κ3) is 0.516. The molecule has 1 aliphatic carbocycles. The molecule has 0 nitrogen and oxygen atoms in total. The number of rotatable bonds is 0. The largest absolute Gasteiger partial charge is 0.115 e. The Morgan fingerprint density at radius 1 is 1.50 bits per heavy atom. The van der Waals surface area contributed by atoms with Gasteiger partial charge in [0, 0.05) is 12.5 Å². The van der Waals surface area contributed by atoms with E-state index >= 15 is 0 Å². The van der Waals surface area contributed by atoms with Gasteiger partial charge in [0.15, 0.2) is 0 Å². The number of allylic oxidation sites excluding steroid dienone is 1. The summed E-state index contributed by atoms with van der Waals surface area (Å²) in [5.74, 6) is 5.63. The molecule has 28 valence electrons. The van der Waals surface area contributed by atoms with Gasteiger partial charge >= 0.3 is 0 Å². The molecule has 0 fully saturated rings. The summed E-state index contributed by atoms with van der Waals surface area (Å²) < 4.78 is 0. The molecular weight excluding hydrogens is 72.1 g/mol. The van der Waals surface area contributed by atoms with Gasteiger partial charge < -0.3 is 0 Å². The zero-order valence-corrected chi connectivity index (χ0v) is 3.36. The third-order valence-corrected chi connectivity index (χ3v) is 0.580. The first-order valence-corrected chi connectivity index (χ1v) is 1.88. The van der Waals surface area contributed by atoms with Gasteiger partial charge in [0.05, 0.1) is 0 Å². The van der Waals surface area contributed by atoms with E-state index in [1.165, 1.54) is 0 Å². The second-order valence-corrected chi connectivity index (χ2v) is 1.04. The molecule has 0 heterocycles. The van der Waals surface area contributed by atoms with Gasteiger partial charge in [0.1, 0.15) is 0 Å². The first-order valence-electron chi connectivity index (χ1n) is 1.88. The molecule has 0 amide bonds. The van der Waals surface area contributed by atoms with Crippen molar-refractivity contribution in [3.05, 3.63) is 17.9 Å². The molecule has 0 aromatic heterocycles. The Bertz CT molecular complexity index is 147. The van der Waals surface area contributed by atoms with E-state index in [9.17, 15) is 0 Å². The summed E-state index contributed by atoms with van der Waals surface area (Å²) in [5.41, 5.74) is 2.86. The van der Waals surface area contributed by atoms with Crippen LogP contribution in [0.1, 0.15) is 6.42 Å². The summed E-state index contributed by atoms with van der Waals surface area (Å²) in [6, 6.07) is 0. The second kappa shape index (κ2) is 1.50. The predicted molar refractivity (Wildman–Crippen MR) is 25.0 cm³/mol. The van der Waals surface area contributed by atoms with Gasteiger partial charge in [-0.2, -0.15) is 0 Å². The van der Waals surface area contributed by atoms with Crippen LogP contribution in [0.5, 0.6) is 0 Å². The highest BCUT2D eigenvalue weighted by atomic mass is 13.7. The Hall–Kier alpha value is -0.920. The van der Waals surface area contributed by atoms with Gasteiger partial charge in [-0.05, 0) is 6.08 Å². The molecule has 0 atom stereocenters. The maximum absolute atomic E-state index is 2.86. The minimum absolute atomic E-state index is 0.872. The summed E-state index contributed by atoms with van der Waals surface area (Å²) in [6.07, 6.45) is 4.51. The minimum atomic E-state index is 0.872. The quantitative estimate of drug-likeness (QED) is 0.299. The third-order valence-electron chi connectivity index (χ3n) is 0.580. The number of hydrogen-bond acceptors (Lipinski definition) is 0. The van der Waals surface area contributed by atoms with Crippen molar-refractivity contribution in [1.29, 1.82) is 0 Å². The molecule has 0 aromatic rings. The summed E-state index contributed by atoms with van der Waals surface area (Å²) in [7, 11) is 0. The van der Waals surface area contributed by atoms with E-state index in [-0.39, 0.29) is 0 Å². The molecule has 0 aromatic carbocycles. The van der Waals surface area contributed by atoms with Gasteiger partial charge in [-0.15, -0.1) is 5.73 Å². The molecule has 6 heavy (non-hydrogen) atoms. The summed E-state index contributed by atoms with van der Waals surface area (Å²) in [4.78, 5) is 0. The molecule has 0 bridgehead atoms. The average Bonchev–Trinajstić information content (AvgIpc) is 1.72. The molecule has 0 unspecified atom stereocenters.